The smallest absolute Gasteiger partial charge is 0.341 e. The van der Waals surface area contributed by atoms with Crippen molar-refractivity contribution in [2.75, 3.05) is 5.32 Å². The molecule has 0 saturated carbocycles. The van der Waals surface area contributed by atoms with Gasteiger partial charge in [0.25, 0.3) is 5.91 Å². The van der Waals surface area contributed by atoms with Crippen LogP contribution in [0.5, 0.6) is 0 Å². The van der Waals surface area contributed by atoms with Crippen LogP contribution in [0.25, 0.3) is 0 Å². The molecule has 0 aliphatic rings. The molecule has 2 rings (SSSR count). The lowest BCUT2D eigenvalue weighted by atomic mass is 10.1. The summed E-state index contributed by atoms with van der Waals surface area (Å²) < 4.78 is 49.1. The monoisotopic (exact) mass is 394 g/mol. The Hall–Kier alpha value is -3.07. The lowest BCUT2D eigenvalue weighted by Gasteiger charge is -2.11. The second-order valence-corrected chi connectivity index (χ2v) is 7.26. The highest BCUT2D eigenvalue weighted by atomic mass is 32.2. The maximum absolute atomic E-state index is 12.8. The van der Waals surface area contributed by atoms with Gasteiger partial charge in [-0.15, -0.1) is 0 Å². The third-order valence-corrected chi connectivity index (χ3v) is 4.98. The van der Waals surface area contributed by atoms with E-state index in [9.17, 15) is 26.8 Å². The molecule has 0 unspecified atom stereocenters. The summed E-state index contributed by atoms with van der Waals surface area (Å²) in [6, 6.07) is 11.1. The number of alkyl halides is 2. The van der Waals surface area contributed by atoms with Gasteiger partial charge in [-0.1, -0.05) is 30.8 Å². The van der Waals surface area contributed by atoms with Crippen LogP contribution in [0.3, 0.4) is 0 Å². The zero-order valence-electron chi connectivity index (χ0n) is 14.0. The quantitative estimate of drug-likeness (QED) is 0.707. The first kappa shape index (κ1) is 20.2. The van der Waals surface area contributed by atoms with Crippen molar-refractivity contribution in [3.05, 3.63) is 72.3 Å². The Morgan fingerprint density at radius 3 is 2.30 bits per heavy atom. The summed E-state index contributed by atoms with van der Waals surface area (Å²) in [6.45, 7) is 3.57. The van der Waals surface area contributed by atoms with Crippen molar-refractivity contribution in [1.82, 2.24) is 5.32 Å². The minimum absolute atomic E-state index is 0.193. The molecular formula is C18H16F2N2O4S. The number of halogens is 2. The molecule has 6 nitrogen and oxygen atoms in total. The second-order valence-electron chi connectivity index (χ2n) is 5.37. The highest BCUT2D eigenvalue weighted by Gasteiger charge is 2.29. The van der Waals surface area contributed by atoms with E-state index >= 15 is 0 Å². The van der Waals surface area contributed by atoms with Gasteiger partial charge in [0, 0.05) is 12.1 Å². The summed E-state index contributed by atoms with van der Waals surface area (Å²) in [4.78, 5) is 22.8. The van der Waals surface area contributed by atoms with Crippen LogP contribution in [0, 0.1) is 0 Å². The normalized spacial score (nSPS) is 11.1. The molecule has 0 bridgehead atoms. The Morgan fingerprint density at radius 2 is 1.70 bits per heavy atom. The highest BCUT2D eigenvalue weighted by Crippen LogP contribution is 2.26. The summed E-state index contributed by atoms with van der Waals surface area (Å²) in [5.74, 6) is -4.59. The summed E-state index contributed by atoms with van der Waals surface area (Å²) in [5, 5.41) is 4.91. The van der Waals surface area contributed by atoms with Crippen LogP contribution < -0.4 is 10.6 Å². The van der Waals surface area contributed by atoms with Gasteiger partial charge in [-0.2, -0.15) is 8.78 Å². The number of hydrogen-bond acceptors (Lipinski definition) is 4. The second kappa shape index (κ2) is 8.54. The van der Waals surface area contributed by atoms with Crippen LogP contribution in [0.1, 0.15) is 15.9 Å². The van der Waals surface area contributed by atoms with Crippen LogP contribution in [-0.4, -0.2) is 26.0 Å². The number of benzene rings is 2. The fourth-order valence-corrected chi connectivity index (χ4v) is 3.03. The first-order valence-electron chi connectivity index (χ1n) is 7.67. The maximum Gasteiger partial charge on any atom is 0.341 e. The van der Waals surface area contributed by atoms with Gasteiger partial charge < -0.3 is 10.6 Å². The van der Waals surface area contributed by atoms with Crippen molar-refractivity contribution in [2.24, 2.45) is 0 Å². The molecule has 2 N–H and O–H groups in total. The number of amides is 2. The van der Waals surface area contributed by atoms with Gasteiger partial charge in [0.2, 0.25) is 15.7 Å². The van der Waals surface area contributed by atoms with Gasteiger partial charge in [0.15, 0.2) is 0 Å². The predicted octanol–water partition coefficient (Wildman–Crippen LogP) is 2.74. The van der Waals surface area contributed by atoms with Crippen LogP contribution in [0.15, 0.2) is 66.1 Å². The Balaban J connectivity index is 2.17. The lowest BCUT2D eigenvalue weighted by Crippen LogP contribution is -2.20. The number of rotatable bonds is 7. The van der Waals surface area contributed by atoms with E-state index in [1.807, 2.05) is 0 Å². The van der Waals surface area contributed by atoms with Crippen molar-refractivity contribution in [3.8, 4) is 0 Å². The molecular weight excluding hydrogens is 378 g/mol. The zero-order chi connectivity index (χ0) is 20.0. The van der Waals surface area contributed by atoms with Crippen molar-refractivity contribution >= 4 is 27.3 Å². The average Bonchev–Trinajstić information content (AvgIpc) is 2.66. The fourth-order valence-electron chi connectivity index (χ4n) is 2.14. The van der Waals surface area contributed by atoms with E-state index in [0.29, 0.717) is 0 Å². The third-order valence-electron chi connectivity index (χ3n) is 3.54. The molecule has 2 aromatic rings. The van der Waals surface area contributed by atoms with Crippen molar-refractivity contribution in [3.63, 3.8) is 0 Å². The van der Waals surface area contributed by atoms with Crippen LogP contribution in [-0.2, 0) is 21.2 Å². The molecule has 0 heterocycles. The van der Waals surface area contributed by atoms with Crippen LogP contribution in [0.4, 0.5) is 14.5 Å². The van der Waals surface area contributed by atoms with E-state index in [-0.39, 0.29) is 23.7 Å². The van der Waals surface area contributed by atoms with Crippen molar-refractivity contribution < 1.29 is 26.8 Å². The number of hydrogen-bond donors (Lipinski definition) is 2. The molecule has 0 atom stereocenters. The van der Waals surface area contributed by atoms with E-state index < -0.39 is 26.4 Å². The first-order valence-corrected chi connectivity index (χ1v) is 9.22. The standard InChI is InChI=1S/C18H16F2N2O4S/c1-2-16(23)21-11-12-7-9-13(10-8-12)17(24)22-14-5-3-4-6-15(14)27(25,26)18(19)20/h2-10,18H,1,11H2,(H,21,23)(H,22,24). The number of anilines is 1. The molecule has 0 aliphatic carbocycles. The fraction of sp³-hybridized carbons (Fsp3) is 0.111. The van der Waals surface area contributed by atoms with Gasteiger partial charge >= 0.3 is 5.76 Å². The van der Waals surface area contributed by atoms with Crippen LogP contribution in [0.2, 0.25) is 0 Å². The molecule has 0 aliphatic heterocycles. The van der Waals surface area contributed by atoms with E-state index in [2.05, 4.69) is 17.2 Å². The topological polar surface area (TPSA) is 92.3 Å². The molecule has 0 aromatic heterocycles. The number of carbonyl (C=O) groups excluding carboxylic acids is 2. The van der Waals surface area contributed by atoms with Gasteiger partial charge in [-0.05, 0) is 35.9 Å². The molecule has 9 heteroatoms. The number of carbonyl (C=O) groups is 2. The SMILES string of the molecule is C=CC(=O)NCc1ccc(C(=O)Nc2ccccc2S(=O)(=O)C(F)F)cc1. The summed E-state index contributed by atoms with van der Waals surface area (Å²) in [7, 11) is -4.86. The van der Waals surface area contributed by atoms with Gasteiger partial charge in [0.1, 0.15) is 0 Å². The minimum atomic E-state index is -4.86. The maximum atomic E-state index is 12.8. The molecule has 27 heavy (non-hydrogen) atoms. The van der Waals surface area contributed by atoms with E-state index in [1.54, 1.807) is 12.1 Å². The summed E-state index contributed by atoms with van der Waals surface area (Å²) >= 11 is 0. The molecule has 0 fully saturated rings. The molecule has 2 amide bonds. The molecule has 0 spiro atoms. The van der Waals surface area contributed by atoms with E-state index in [4.69, 9.17) is 0 Å². The van der Waals surface area contributed by atoms with Crippen molar-refractivity contribution in [2.45, 2.75) is 17.2 Å². The number of nitrogens with one attached hydrogen (secondary N) is 2. The first-order chi connectivity index (χ1) is 12.8. The Kier molecular flexibility index (Phi) is 6.40. The zero-order valence-corrected chi connectivity index (χ0v) is 14.8. The Bertz CT molecular complexity index is 958. The summed E-state index contributed by atoms with van der Waals surface area (Å²) in [5.41, 5.74) is 0.686. The highest BCUT2D eigenvalue weighted by molar-refractivity contribution is 7.91. The average molecular weight is 394 g/mol. The van der Waals surface area contributed by atoms with Crippen LogP contribution >= 0.6 is 0 Å². The number of sulfone groups is 1. The van der Waals surface area contributed by atoms with Crippen molar-refractivity contribution in [1.29, 1.82) is 0 Å². The lowest BCUT2D eigenvalue weighted by molar-refractivity contribution is -0.116. The summed E-state index contributed by atoms with van der Waals surface area (Å²) in [6.07, 6.45) is 1.13. The Morgan fingerprint density at radius 1 is 1.07 bits per heavy atom. The Labute approximate surface area is 154 Å². The minimum Gasteiger partial charge on any atom is -0.348 e. The largest absolute Gasteiger partial charge is 0.348 e. The van der Waals surface area contributed by atoms with Gasteiger partial charge in [-0.25, -0.2) is 8.42 Å². The van der Waals surface area contributed by atoms with Gasteiger partial charge in [-0.3, -0.25) is 9.59 Å². The molecule has 2 aromatic carbocycles. The van der Waals surface area contributed by atoms with E-state index in [1.165, 1.54) is 30.3 Å². The molecule has 0 saturated heterocycles. The predicted molar refractivity (Wildman–Crippen MR) is 96.1 cm³/mol. The van der Waals surface area contributed by atoms with E-state index in [0.717, 1.165) is 17.7 Å². The number of para-hydroxylation sites is 1. The molecule has 142 valence electrons. The molecule has 0 radical (unpaired) electrons. The van der Waals surface area contributed by atoms with Gasteiger partial charge in [0.05, 0.1) is 10.6 Å². The third kappa shape index (κ3) is 4.98.